The predicted octanol–water partition coefficient (Wildman–Crippen LogP) is 2.47. The number of hydrogen-bond acceptors (Lipinski definition) is 26. The number of carbonyl (C=O) groups excluding carboxylic acids is 9. The largest absolute Gasteiger partial charge is 0.508 e. The van der Waals surface area contributed by atoms with E-state index in [1.165, 1.54) is 45.2 Å². The molecule has 5 saturated carbocycles. The Morgan fingerprint density at radius 3 is 1.89 bits per heavy atom. The van der Waals surface area contributed by atoms with Crippen LogP contribution < -0.4 is 73.1 Å². The molecule has 7 fully saturated rings. The minimum absolute atomic E-state index is 0.0628. The number of phenols is 3. The number of aromatic hydroxyl groups is 3. The Bertz CT molecular complexity index is 4700. The first-order chi connectivity index (χ1) is 55.6. The van der Waals surface area contributed by atoms with E-state index in [4.69, 9.17) is 57.4 Å². The van der Waals surface area contributed by atoms with E-state index in [-0.39, 0.29) is 92.6 Å². The fourth-order valence-electron chi connectivity index (χ4n) is 17.5. The Balaban J connectivity index is 0.968. The first kappa shape index (κ1) is 83.8. The average Bonchev–Trinajstić information content (AvgIpc) is 1.64. The zero-order valence-corrected chi connectivity index (χ0v) is 65.6. The van der Waals surface area contributed by atoms with Crippen molar-refractivity contribution in [1.29, 1.82) is 0 Å². The van der Waals surface area contributed by atoms with Gasteiger partial charge in [0.05, 0.1) is 41.3 Å². The lowest BCUT2D eigenvalue weighted by Gasteiger charge is -2.54. The summed E-state index contributed by atoms with van der Waals surface area (Å²) in [5, 5.41) is 132. The number of carbonyl (C=O) groups is 9. The number of urea groups is 1. The topological polar surface area (TPSA) is 537 Å². The lowest BCUT2D eigenvalue weighted by molar-refractivity contribution is -0.333. The molecule has 18 atom stereocenters. The van der Waals surface area contributed by atoms with E-state index < -0.39 is 221 Å². The second-order valence-corrected chi connectivity index (χ2v) is 33.5. The van der Waals surface area contributed by atoms with Gasteiger partial charge in [-0.15, -0.1) is 0 Å². The standard InChI is InChI=1S/C80H95Cl2N11O24/c1-30(2)14-46(84-5)71(104)92-62-64(99)35-7-12-50(44(81)21-35)113-52-23-39-24-53(68(52)117-78-69(67(102)66(101)54(29-94)115-78)116-56-28-80(4,83)70(103)31(3)112-56)114-51-13-8-36(22-45(51)82)65(100)63-77(110)91-61(75(108)88-58-37-16-32-15-33(18-37)19-38(58)17-32)43-25-41(95)26-49(97)57(43)42-20-34(6-11-48(42)96)59(73(106)93-63)90-74(107)60(39)89-72(105)47(86-76(62)109)27-55(98)87-79(111)85-40-9-10-40/h6-8,11-13,20-26,30-33,37-38,40,46-47,54,56,58-67,69-70,78,84,94-97,99-103H,9-10,14-19,27-29,83H2,1-5H3,(H,86,109)(H,88,108)(H,89,105)(H,90,107)(H,91,110)(H,92,104)(H,93,106)(H2,85,87,98,111)/t31-,32?,33?,37?,38?,46+,47?,54+,56?,58?,59+,60?,61+,62?,63-,64+,65+,66+,67-,69+,70+,78+,80-/m0/s1. The molecule has 0 radical (unpaired) electrons. The number of ether oxygens (including phenoxy) is 6. The van der Waals surface area contributed by atoms with Crippen LogP contribution in [0.5, 0.6) is 46.0 Å². The van der Waals surface area contributed by atoms with E-state index in [1.807, 2.05) is 13.8 Å². The number of rotatable bonds is 15. The van der Waals surface area contributed by atoms with E-state index in [0.29, 0.717) is 24.7 Å². The van der Waals surface area contributed by atoms with Gasteiger partial charge in [-0.25, -0.2) is 4.79 Å². The summed E-state index contributed by atoms with van der Waals surface area (Å²) in [6.07, 6.45) is -13.2. The molecule has 12 aliphatic rings. The van der Waals surface area contributed by atoms with Crippen molar-refractivity contribution in [2.75, 3.05) is 13.7 Å². The van der Waals surface area contributed by atoms with Gasteiger partial charge in [-0.05, 0) is 184 Å². The Hall–Kier alpha value is -9.73. The summed E-state index contributed by atoms with van der Waals surface area (Å²) in [4.78, 5) is 137. The van der Waals surface area contributed by atoms with Crippen molar-refractivity contribution in [2.24, 2.45) is 35.3 Å². The molecular weight excluding hydrogens is 1570 g/mol. The molecule has 0 spiro atoms. The lowest BCUT2D eigenvalue weighted by Crippen LogP contribution is -2.64. The van der Waals surface area contributed by atoms with Gasteiger partial charge in [0, 0.05) is 41.2 Å². The number of benzene rings is 5. The lowest BCUT2D eigenvalue weighted by atomic mass is 9.54. The quantitative estimate of drug-likeness (QED) is 0.0716. The number of likely N-dealkylation sites (N-methyl/N-ethyl adjacent to an activating group) is 1. The first-order valence-electron chi connectivity index (χ1n) is 39.0. The molecule has 0 aromatic heterocycles. The van der Waals surface area contributed by atoms with Crippen LogP contribution in [-0.2, 0) is 52.6 Å². The summed E-state index contributed by atoms with van der Waals surface area (Å²) >= 11 is 14.4. The van der Waals surface area contributed by atoms with Crippen LogP contribution in [0.1, 0.15) is 150 Å². The predicted molar refractivity (Wildman–Crippen MR) is 411 cm³/mol. The second kappa shape index (κ2) is 33.9. The van der Waals surface area contributed by atoms with E-state index in [2.05, 4.69) is 53.2 Å². The van der Waals surface area contributed by atoms with Crippen molar-refractivity contribution in [3.05, 3.63) is 117 Å². The van der Waals surface area contributed by atoms with Crippen molar-refractivity contribution in [1.82, 2.24) is 53.2 Å². The third kappa shape index (κ3) is 17.7. The Labute approximate surface area is 680 Å². The van der Waals surface area contributed by atoms with Crippen LogP contribution >= 0.6 is 23.2 Å². The van der Waals surface area contributed by atoms with Gasteiger partial charge >= 0.3 is 6.03 Å². The zero-order valence-electron chi connectivity index (χ0n) is 64.1. The monoisotopic (exact) mass is 1660 g/mol. The summed E-state index contributed by atoms with van der Waals surface area (Å²) in [5.74, 6) is -13.4. The van der Waals surface area contributed by atoms with E-state index in [0.717, 1.165) is 86.7 Å². The van der Waals surface area contributed by atoms with Crippen LogP contribution in [0.2, 0.25) is 10.0 Å². The molecule has 7 aliphatic heterocycles. The maximum Gasteiger partial charge on any atom is 0.321 e. The van der Waals surface area contributed by atoms with Crippen molar-refractivity contribution in [3.63, 3.8) is 0 Å². The minimum Gasteiger partial charge on any atom is -0.508 e. The highest BCUT2D eigenvalue weighted by Gasteiger charge is 2.53. The molecule has 35 nitrogen and oxygen atoms in total. The van der Waals surface area contributed by atoms with E-state index >= 15 is 28.8 Å². The molecule has 5 aromatic carbocycles. The van der Waals surface area contributed by atoms with E-state index in [1.54, 1.807) is 0 Å². The number of aliphatic hydroxyl groups is 6. The van der Waals surface area contributed by atoms with Crippen LogP contribution in [0.25, 0.3) is 11.1 Å². The molecule has 15 bridgehead atoms. The van der Waals surface area contributed by atoms with Crippen LogP contribution in [0.3, 0.4) is 0 Å². The number of phenolic OH excluding ortho intramolecular Hbond substituents is 3. The molecule has 5 aromatic rings. The fourth-order valence-corrected chi connectivity index (χ4v) is 18.0. The zero-order chi connectivity index (χ0) is 83.7. The summed E-state index contributed by atoms with van der Waals surface area (Å²) in [5.41, 5.74) is 2.98. The summed E-state index contributed by atoms with van der Waals surface area (Å²) in [6.45, 7) is 5.69. The molecule has 21 N–H and O–H groups in total. The molecule has 117 heavy (non-hydrogen) atoms. The molecule has 628 valence electrons. The number of nitrogens with one attached hydrogen (secondary N) is 10. The molecule has 37 heteroatoms. The molecule has 17 rings (SSSR count). The van der Waals surface area contributed by atoms with Gasteiger partial charge in [0.1, 0.15) is 95.5 Å². The van der Waals surface area contributed by atoms with Gasteiger partial charge in [0.15, 0.2) is 23.9 Å². The molecule has 4 unspecified atom stereocenters. The second-order valence-electron chi connectivity index (χ2n) is 32.7. The maximum absolute atomic E-state index is 16.5. The summed E-state index contributed by atoms with van der Waals surface area (Å²) in [7, 11) is 1.48. The van der Waals surface area contributed by atoms with Gasteiger partial charge in [0.2, 0.25) is 59.3 Å². The SMILES string of the molecule is CN[C@H](CC(C)C)C(=O)NC1C(=O)NC(CC(=O)NC(=O)NC2CC2)C(=O)NC2C(=O)N[C@H]3C(=O)N[C@H](C(=O)N[C@@H](C(=O)NC4C5CC6CC(C5)CC4C6)c4cc(O)cc(O)c4-c4cc3ccc4O)[C@H](O)c3ccc(c(Cl)c3)Oc3cc2cc(c3O[C@H]2O[C@H](CO)[C@@H](O)[C@H](O)[C@H]2OC2C[C@](C)(N)[C@H](O)[C@H](C)O2)Oc2ccc(cc2Cl)[C@H]1O. The number of amides is 10. The van der Waals surface area contributed by atoms with Gasteiger partial charge in [-0.3, -0.25) is 43.7 Å². The fraction of sp³-hybridized carbons (Fsp3) is 0.512. The number of imide groups is 1. The summed E-state index contributed by atoms with van der Waals surface area (Å²) < 4.78 is 38.9. The maximum atomic E-state index is 16.5. The molecule has 2 saturated heterocycles. The van der Waals surface area contributed by atoms with Crippen LogP contribution in [0, 0.1) is 29.6 Å². The number of hydrogen-bond donors (Lipinski definition) is 20. The van der Waals surface area contributed by atoms with E-state index in [9.17, 15) is 60.3 Å². The van der Waals surface area contributed by atoms with Gasteiger partial charge < -0.3 is 128 Å². The third-order valence-electron chi connectivity index (χ3n) is 23.5. The van der Waals surface area contributed by atoms with Gasteiger partial charge in [-0.1, -0.05) is 55.2 Å². The molecular formula is C80H95Cl2N11O24. The third-order valence-corrected chi connectivity index (χ3v) is 24.1. The number of nitrogens with two attached hydrogens (primary N) is 1. The van der Waals surface area contributed by atoms with Crippen molar-refractivity contribution in [2.45, 2.75) is 213 Å². The molecule has 5 aliphatic carbocycles. The smallest absolute Gasteiger partial charge is 0.321 e. The van der Waals surface area contributed by atoms with Crippen molar-refractivity contribution in [3.8, 4) is 57.1 Å². The Morgan fingerprint density at radius 1 is 0.667 bits per heavy atom. The van der Waals surface area contributed by atoms with Crippen molar-refractivity contribution >= 4 is 76.5 Å². The van der Waals surface area contributed by atoms with Crippen molar-refractivity contribution < 1.29 is 118 Å². The average molecular weight is 1670 g/mol. The highest BCUT2D eigenvalue weighted by molar-refractivity contribution is 6.32. The first-order valence-corrected chi connectivity index (χ1v) is 39.7. The minimum atomic E-state index is -2.39. The molecule has 7 heterocycles. The Kier molecular flexibility index (Phi) is 24.3. The van der Waals surface area contributed by atoms with Crippen LogP contribution in [0.15, 0.2) is 78.9 Å². The molecule has 10 amide bonds. The van der Waals surface area contributed by atoms with Gasteiger partial charge in [0.25, 0.3) is 0 Å². The summed E-state index contributed by atoms with van der Waals surface area (Å²) in [6, 6.07) is -1.22. The van der Waals surface area contributed by atoms with Crippen LogP contribution in [-0.4, -0.2) is 204 Å². The number of aliphatic hydroxyl groups excluding tert-OH is 6. The Morgan fingerprint density at radius 2 is 1.28 bits per heavy atom. The van der Waals surface area contributed by atoms with Crippen LogP contribution in [0.4, 0.5) is 4.79 Å². The highest BCUT2D eigenvalue weighted by atomic mass is 35.5. The normalized spacial score (nSPS) is 32.3. The highest BCUT2D eigenvalue weighted by Crippen LogP contribution is 2.55. The number of halogens is 2. The van der Waals surface area contributed by atoms with Gasteiger partial charge in [-0.2, -0.15) is 0 Å². The number of fused-ring (bicyclic) bond motifs is 15.